The summed E-state index contributed by atoms with van der Waals surface area (Å²) < 4.78 is 1.61. The van der Waals surface area contributed by atoms with Gasteiger partial charge in [0, 0.05) is 28.7 Å². The number of hydrogen-bond acceptors (Lipinski definition) is 3. The fourth-order valence-electron chi connectivity index (χ4n) is 3.38. The van der Waals surface area contributed by atoms with E-state index in [0.717, 1.165) is 18.5 Å². The topological polar surface area (TPSA) is 79.3 Å². The summed E-state index contributed by atoms with van der Waals surface area (Å²) in [5.41, 5.74) is 1.73. The van der Waals surface area contributed by atoms with E-state index in [-0.39, 0.29) is 23.9 Å². The van der Waals surface area contributed by atoms with Crippen LogP contribution in [-0.4, -0.2) is 39.7 Å². The summed E-state index contributed by atoms with van der Waals surface area (Å²) in [4.78, 5) is 27.6. The van der Waals surface area contributed by atoms with Gasteiger partial charge in [-0.05, 0) is 42.8 Å². The maximum absolute atomic E-state index is 13.1. The van der Waals surface area contributed by atoms with Crippen molar-refractivity contribution in [3.8, 4) is 5.69 Å². The molecule has 192 valence electrons. The molecule has 0 aliphatic carbocycles. The average Bonchev–Trinajstić information content (AvgIpc) is 3.22. The predicted octanol–water partition coefficient (Wildman–Crippen LogP) is 7.40. The van der Waals surface area contributed by atoms with E-state index < -0.39 is 0 Å². The van der Waals surface area contributed by atoms with E-state index in [9.17, 15) is 9.59 Å². The Morgan fingerprint density at radius 2 is 1.75 bits per heavy atom. The summed E-state index contributed by atoms with van der Waals surface area (Å²) >= 11 is 18.3. The van der Waals surface area contributed by atoms with E-state index in [4.69, 9.17) is 39.9 Å². The number of halogens is 3. The van der Waals surface area contributed by atoms with E-state index in [0.29, 0.717) is 38.8 Å². The number of aromatic nitrogens is 2. The van der Waals surface area contributed by atoms with Gasteiger partial charge in [-0.3, -0.25) is 4.79 Å². The van der Waals surface area contributed by atoms with Crippen LogP contribution < -0.4 is 10.6 Å². The van der Waals surface area contributed by atoms with Gasteiger partial charge in [0.15, 0.2) is 0 Å². The molecule has 36 heavy (non-hydrogen) atoms. The molecular weight excluding hydrogens is 521 g/mol. The fourth-order valence-corrected chi connectivity index (χ4v) is 3.86. The molecule has 0 saturated carbocycles. The maximum Gasteiger partial charge on any atom is 0.322 e. The first-order valence-corrected chi connectivity index (χ1v) is 12.8. The monoisotopic (exact) mass is 549 g/mol. The number of rotatable bonds is 8. The van der Waals surface area contributed by atoms with Gasteiger partial charge >= 0.3 is 6.03 Å². The van der Waals surface area contributed by atoms with Crippen molar-refractivity contribution in [3.05, 3.63) is 69.3 Å². The van der Waals surface area contributed by atoms with Gasteiger partial charge in [-0.2, -0.15) is 5.10 Å². The number of nitrogens with one attached hydrogen (secondary N) is 2. The molecule has 0 spiro atoms. The van der Waals surface area contributed by atoms with Crippen LogP contribution in [0, 0.1) is 0 Å². The summed E-state index contributed by atoms with van der Waals surface area (Å²) in [5, 5.41) is 11.7. The second-order valence-electron chi connectivity index (χ2n) is 9.44. The Hall–Kier alpha value is -2.74. The minimum Gasteiger partial charge on any atom is -0.315 e. The average molecular weight is 551 g/mol. The minimum absolute atomic E-state index is 0.135. The number of unbranched alkanes of at least 4 members (excludes halogenated alkanes) is 1. The third-order valence-electron chi connectivity index (χ3n) is 5.37. The number of urea groups is 1. The molecule has 10 heteroatoms. The largest absolute Gasteiger partial charge is 0.322 e. The van der Waals surface area contributed by atoms with Crippen LogP contribution in [0.5, 0.6) is 0 Å². The van der Waals surface area contributed by atoms with Crippen LogP contribution >= 0.6 is 34.8 Å². The minimum atomic E-state index is -0.380. The summed E-state index contributed by atoms with van der Waals surface area (Å²) in [6, 6.07) is 13.4. The molecule has 3 aromatic rings. The molecular formula is C26H30Cl3N5O2. The summed E-state index contributed by atoms with van der Waals surface area (Å²) in [6.07, 6.45) is 1.63. The van der Waals surface area contributed by atoms with E-state index in [1.165, 1.54) is 4.90 Å². The summed E-state index contributed by atoms with van der Waals surface area (Å²) in [6.45, 7) is 8.42. The number of hydrogen-bond donors (Lipinski definition) is 2. The highest BCUT2D eigenvalue weighted by atomic mass is 35.5. The van der Waals surface area contributed by atoms with E-state index in [1.807, 2.05) is 33.8 Å². The molecule has 2 aromatic carbocycles. The van der Waals surface area contributed by atoms with Crippen molar-refractivity contribution in [1.29, 1.82) is 0 Å². The first kappa shape index (κ1) is 27.8. The highest BCUT2D eigenvalue weighted by Gasteiger charge is 2.23. The van der Waals surface area contributed by atoms with Crippen molar-refractivity contribution in [2.45, 2.75) is 46.0 Å². The molecule has 0 aliphatic rings. The molecule has 1 heterocycles. The summed E-state index contributed by atoms with van der Waals surface area (Å²) in [7, 11) is 0. The van der Waals surface area contributed by atoms with E-state index in [1.54, 1.807) is 47.1 Å². The zero-order valence-corrected chi connectivity index (χ0v) is 23.0. The zero-order valence-electron chi connectivity index (χ0n) is 20.7. The third-order valence-corrected chi connectivity index (χ3v) is 6.35. The molecule has 0 radical (unpaired) electrons. The van der Waals surface area contributed by atoms with Crippen LogP contribution in [0.15, 0.2) is 48.5 Å². The van der Waals surface area contributed by atoms with Gasteiger partial charge in [-0.1, -0.05) is 75.0 Å². The number of anilines is 2. The van der Waals surface area contributed by atoms with Gasteiger partial charge in [-0.25, -0.2) is 9.48 Å². The molecule has 3 amide bonds. The van der Waals surface area contributed by atoms with Crippen molar-refractivity contribution >= 4 is 58.2 Å². The fraction of sp³-hybridized carbons (Fsp3) is 0.346. The Morgan fingerprint density at radius 1 is 1.00 bits per heavy atom. The maximum atomic E-state index is 13.1. The van der Waals surface area contributed by atoms with Crippen LogP contribution in [0.4, 0.5) is 16.3 Å². The SMILES string of the molecule is CCCCN(CC(=O)Nc1cc(C(C)(C)C)nn1-c1ccc(Cl)c(Cl)c1)C(=O)Nc1cccc(Cl)c1. The van der Waals surface area contributed by atoms with Crippen molar-refractivity contribution in [2.24, 2.45) is 0 Å². The van der Waals surface area contributed by atoms with Gasteiger partial charge < -0.3 is 15.5 Å². The van der Waals surface area contributed by atoms with Crippen LogP contribution in [-0.2, 0) is 10.2 Å². The van der Waals surface area contributed by atoms with Gasteiger partial charge in [0.25, 0.3) is 0 Å². The normalized spacial score (nSPS) is 11.3. The van der Waals surface area contributed by atoms with Gasteiger partial charge in [0.05, 0.1) is 21.4 Å². The Labute approximate surface area is 226 Å². The van der Waals surface area contributed by atoms with Crippen LogP contribution in [0.1, 0.15) is 46.2 Å². The van der Waals surface area contributed by atoms with Crippen molar-refractivity contribution in [1.82, 2.24) is 14.7 Å². The van der Waals surface area contributed by atoms with Crippen molar-refractivity contribution in [2.75, 3.05) is 23.7 Å². The Morgan fingerprint density at radius 3 is 2.39 bits per heavy atom. The highest BCUT2D eigenvalue weighted by molar-refractivity contribution is 6.42. The lowest BCUT2D eigenvalue weighted by Gasteiger charge is -2.22. The number of carbonyl (C=O) groups excluding carboxylic acids is 2. The Balaban J connectivity index is 1.83. The molecule has 0 unspecified atom stereocenters. The first-order valence-electron chi connectivity index (χ1n) is 11.6. The third kappa shape index (κ3) is 7.38. The standard InChI is InChI=1S/C26H30Cl3N5O2/c1-5-6-12-33(25(36)30-18-9-7-8-17(27)13-18)16-24(35)31-23-15-22(26(2,3)4)32-34(23)19-10-11-20(28)21(29)14-19/h7-11,13-15H,5-6,12,16H2,1-4H3,(H,30,36)(H,31,35). The molecule has 3 rings (SSSR count). The number of amides is 3. The lowest BCUT2D eigenvalue weighted by atomic mass is 9.92. The molecule has 0 saturated heterocycles. The van der Waals surface area contributed by atoms with Crippen molar-refractivity contribution in [3.63, 3.8) is 0 Å². The quantitative estimate of drug-likeness (QED) is 0.307. The smallest absolute Gasteiger partial charge is 0.315 e. The second kappa shape index (κ2) is 12.0. The number of nitrogens with zero attached hydrogens (tertiary/aromatic N) is 3. The lowest BCUT2D eigenvalue weighted by molar-refractivity contribution is -0.116. The van der Waals surface area contributed by atoms with Crippen LogP contribution in [0.25, 0.3) is 5.69 Å². The second-order valence-corrected chi connectivity index (χ2v) is 10.7. The molecule has 0 bridgehead atoms. The molecule has 0 fully saturated rings. The van der Waals surface area contributed by atoms with E-state index in [2.05, 4.69) is 10.6 Å². The summed E-state index contributed by atoms with van der Waals surface area (Å²) in [5.74, 6) is 0.114. The van der Waals surface area contributed by atoms with E-state index >= 15 is 0 Å². The molecule has 0 aliphatic heterocycles. The van der Waals surface area contributed by atoms with Gasteiger partial charge in [0.2, 0.25) is 5.91 Å². The van der Waals surface area contributed by atoms with Gasteiger partial charge in [0.1, 0.15) is 12.4 Å². The zero-order chi connectivity index (χ0) is 26.5. The van der Waals surface area contributed by atoms with Crippen molar-refractivity contribution < 1.29 is 9.59 Å². The first-order chi connectivity index (χ1) is 17.0. The predicted molar refractivity (Wildman–Crippen MR) is 148 cm³/mol. The van der Waals surface area contributed by atoms with Crippen LogP contribution in [0.3, 0.4) is 0 Å². The molecule has 0 atom stereocenters. The number of carbonyl (C=O) groups is 2. The molecule has 2 N–H and O–H groups in total. The highest BCUT2D eigenvalue weighted by Crippen LogP contribution is 2.29. The number of benzene rings is 2. The molecule has 7 nitrogen and oxygen atoms in total. The van der Waals surface area contributed by atoms with Crippen LogP contribution in [0.2, 0.25) is 15.1 Å². The Kier molecular flexibility index (Phi) is 9.28. The van der Waals surface area contributed by atoms with Gasteiger partial charge in [-0.15, -0.1) is 0 Å². The Bertz CT molecular complexity index is 1240. The molecule has 1 aromatic heterocycles. The lowest BCUT2D eigenvalue weighted by Crippen LogP contribution is -2.41.